The first-order valence-corrected chi connectivity index (χ1v) is 11.7. The summed E-state index contributed by atoms with van der Waals surface area (Å²) in [7, 11) is 1.54. The van der Waals surface area contributed by atoms with Crippen LogP contribution >= 0.6 is 0 Å². The number of phenolic OH excluding ortho intramolecular Hbond substituents is 1. The Labute approximate surface area is 204 Å². The average Bonchev–Trinajstić information content (AvgIpc) is 3.42. The van der Waals surface area contributed by atoms with Crippen molar-refractivity contribution < 1.29 is 33.7 Å². The Bertz CT molecular complexity index is 1160. The van der Waals surface area contributed by atoms with Crippen molar-refractivity contribution >= 4 is 18.0 Å². The fourth-order valence-corrected chi connectivity index (χ4v) is 4.67. The number of esters is 1. The lowest BCUT2D eigenvalue weighted by Crippen LogP contribution is -2.39. The molecule has 2 aliphatic rings. The highest BCUT2D eigenvalue weighted by atomic mass is 16.6. The van der Waals surface area contributed by atoms with Gasteiger partial charge in [-0.05, 0) is 56.2 Å². The van der Waals surface area contributed by atoms with Gasteiger partial charge in [-0.15, -0.1) is 0 Å². The van der Waals surface area contributed by atoms with Crippen molar-refractivity contribution in [3.8, 4) is 11.5 Å². The standard InChI is InChI=1S/C27H29NO7/c1-17-21-16-34-26(31)23(21)24(30)20(25(17)33-2)12-8-3-4-9-13-22(29)28-19(15-35-27(28)32)14-18-10-6-5-7-11-18/h5-7,9-11,13,19,30H,3-4,8,12,14-16H2,1-2H3/b13-9+/t19-/m0/s1. The van der Waals surface area contributed by atoms with Gasteiger partial charge in [0.2, 0.25) is 0 Å². The van der Waals surface area contributed by atoms with Crippen LogP contribution in [-0.2, 0) is 33.7 Å². The van der Waals surface area contributed by atoms with Gasteiger partial charge in [0.25, 0.3) is 5.91 Å². The molecule has 2 aliphatic heterocycles. The van der Waals surface area contributed by atoms with Crippen LogP contribution in [0.3, 0.4) is 0 Å². The van der Waals surface area contributed by atoms with Crippen LogP contribution in [0, 0.1) is 6.92 Å². The second-order valence-corrected chi connectivity index (χ2v) is 8.69. The van der Waals surface area contributed by atoms with Crippen molar-refractivity contribution in [3.05, 3.63) is 70.3 Å². The summed E-state index contributed by atoms with van der Waals surface area (Å²) in [5, 5.41) is 10.7. The van der Waals surface area contributed by atoms with E-state index in [9.17, 15) is 19.5 Å². The molecular weight excluding hydrogens is 450 g/mol. The van der Waals surface area contributed by atoms with Crippen LogP contribution in [0.4, 0.5) is 4.79 Å². The summed E-state index contributed by atoms with van der Waals surface area (Å²) in [6.07, 6.45) is 5.67. The summed E-state index contributed by atoms with van der Waals surface area (Å²) < 4.78 is 15.7. The predicted octanol–water partition coefficient (Wildman–Crippen LogP) is 4.24. The van der Waals surface area contributed by atoms with Gasteiger partial charge in [-0.25, -0.2) is 14.5 Å². The maximum absolute atomic E-state index is 12.7. The lowest BCUT2D eigenvalue weighted by Gasteiger charge is -2.18. The molecule has 1 N–H and O–H groups in total. The number of hydrogen-bond donors (Lipinski definition) is 1. The van der Waals surface area contributed by atoms with Gasteiger partial charge >= 0.3 is 12.1 Å². The minimum absolute atomic E-state index is 0.0762. The Morgan fingerprint density at radius 2 is 1.97 bits per heavy atom. The molecule has 1 atom stereocenters. The Kier molecular flexibility index (Phi) is 7.39. The van der Waals surface area contributed by atoms with Crippen molar-refractivity contribution in [1.82, 2.24) is 4.90 Å². The molecule has 8 heteroatoms. The van der Waals surface area contributed by atoms with E-state index in [1.54, 1.807) is 6.08 Å². The molecule has 35 heavy (non-hydrogen) atoms. The smallest absolute Gasteiger partial charge is 0.417 e. The Hall–Kier alpha value is -3.81. The summed E-state index contributed by atoms with van der Waals surface area (Å²) in [5.41, 5.74) is 3.32. The van der Waals surface area contributed by atoms with Crippen LogP contribution in [0.1, 0.15) is 51.9 Å². The molecule has 2 aromatic carbocycles. The molecule has 0 spiro atoms. The maximum Gasteiger partial charge on any atom is 0.417 e. The summed E-state index contributed by atoms with van der Waals surface area (Å²) in [4.78, 5) is 38.0. The molecule has 184 valence electrons. The zero-order valence-corrected chi connectivity index (χ0v) is 19.9. The number of aromatic hydroxyl groups is 1. The minimum Gasteiger partial charge on any atom is -0.507 e. The van der Waals surface area contributed by atoms with Crippen molar-refractivity contribution in [2.75, 3.05) is 13.7 Å². The van der Waals surface area contributed by atoms with Gasteiger partial charge in [-0.3, -0.25) is 4.79 Å². The predicted molar refractivity (Wildman–Crippen MR) is 127 cm³/mol. The van der Waals surface area contributed by atoms with Crippen molar-refractivity contribution in [1.29, 1.82) is 0 Å². The first-order chi connectivity index (χ1) is 16.9. The molecule has 2 heterocycles. The van der Waals surface area contributed by atoms with Crippen molar-refractivity contribution in [2.24, 2.45) is 0 Å². The lowest BCUT2D eigenvalue weighted by molar-refractivity contribution is -0.124. The summed E-state index contributed by atoms with van der Waals surface area (Å²) >= 11 is 0. The molecule has 0 aliphatic carbocycles. The molecule has 1 saturated heterocycles. The molecule has 4 rings (SSSR count). The monoisotopic (exact) mass is 479 g/mol. The second kappa shape index (κ2) is 10.6. The SMILES string of the molecule is COc1c(C)c2c(c(O)c1CCCC/C=C/C(=O)N1C(=O)OC[C@@H]1Cc1ccccc1)C(=O)OC2. The molecule has 8 nitrogen and oxygen atoms in total. The molecule has 0 unspecified atom stereocenters. The van der Waals surface area contributed by atoms with Gasteiger partial charge in [-0.1, -0.05) is 36.4 Å². The Morgan fingerprint density at radius 1 is 1.20 bits per heavy atom. The van der Waals surface area contributed by atoms with Crippen LogP contribution in [0.2, 0.25) is 0 Å². The number of nitrogens with zero attached hydrogens (tertiary/aromatic N) is 1. The fraction of sp³-hybridized carbons (Fsp3) is 0.370. The van der Waals surface area contributed by atoms with Gasteiger partial charge < -0.3 is 19.3 Å². The van der Waals surface area contributed by atoms with Gasteiger partial charge in [0.15, 0.2) is 0 Å². The van der Waals surface area contributed by atoms with E-state index in [1.165, 1.54) is 18.1 Å². The van der Waals surface area contributed by atoms with Crippen LogP contribution in [-0.4, -0.2) is 47.7 Å². The Balaban J connectivity index is 1.32. The number of benzene rings is 2. The number of carbonyl (C=O) groups excluding carboxylic acids is 3. The zero-order valence-electron chi connectivity index (χ0n) is 19.9. The number of phenols is 1. The number of cyclic esters (lactones) is 2. The highest BCUT2D eigenvalue weighted by Crippen LogP contribution is 2.42. The van der Waals surface area contributed by atoms with Crippen molar-refractivity contribution in [3.63, 3.8) is 0 Å². The van der Waals surface area contributed by atoms with Crippen LogP contribution in [0.5, 0.6) is 11.5 Å². The number of fused-ring (bicyclic) bond motifs is 1. The van der Waals surface area contributed by atoms with Gasteiger partial charge in [-0.2, -0.15) is 0 Å². The molecule has 2 amide bonds. The second-order valence-electron chi connectivity index (χ2n) is 8.69. The first kappa shape index (κ1) is 24.3. The Morgan fingerprint density at radius 3 is 2.71 bits per heavy atom. The van der Waals surface area contributed by atoms with E-state index in [-0.39, 0.29) is 36.5 Å². The lowest BCUT2D eigenvalue weighted by atomic mass is 9.94. The highest BCUT2D eigenvalue weighted by molar-refractivity contribution is 6.00. The third-order valence-corrected chi connectivity index (χ3v) is 6.47. The highest BCUT2D eigenvalue weighted by Gasteiger charge is 2.36. The topological polar surface area (TPSA) is 102 Å². The summed E-state index contributed by atoms with van der Waals surface area (Å²) in [6, 6.07) is 9.35. The van der Waals surface area contributed by atoms with Crippen molar-refractivity contribution in [2.45, 2.75) is 51.7 Å². The van der Waals surface area contributed by atoms with Gasteiger partial charge in [0.05, 0.1) is 13.2 Å². The molecule has 0 bridgehead atoms. The number of carbonyl (C=O) groups is 3. The average molecular weight is 480 g/mol. The van der Waals surface area contributed by atoms with Crippen LogP contribution < -0.4 is 4.74 Å². The molecule has 0 radical (unpaired) electrons. The summed E-state index contributed by atoms with van der Waals surface area (Å²) in [6.45, 7) is 2.18. The van der Waals surface area contributed by atoms with E-state index >= 15 is 0 Å². The van der Waals surface area contributed by atoms with Crippen LogP contribution in [0.15, 0.2) is 42.5 Å². The zero-order chi connectivity index (χ0) is 24.9. The summed E-state index contributed by atoms with van der Waals surface area (Å²) in [5.74, 6) is -0.410. The number of unbranched alkanes of at least 4 members (excludes halogenated alkanes) is 2. The number of amides is 2. The third kappa shape index (κ3) is 5.01. The largest absolute Gasteiger partial charge is 0.507 e. The minimum atomic E-state index is -0.617. The quantitative estimate of drug-likeness (QED) is 0.326. The molecule has 0 saturated carbocycles. The molecule has 0 aromatic heterocycles. The number of imide groups is 1. The maximum atomic E-state index is 12.7. The van der Waals surface area contributed by atoms with E-state index in [0.29, 0.717) is 42.6 Å². The van der Waals surface area contributed by atoms with E-state index in [1.807, 2.05) is 37.3 Å². The fourth-order valence-electron chi connectivity index (χ4n) is 4.67. The van der Waals surface area contributed by atoms with E-state index in [4.69, 9.17) is 14.2 Å². The first-order valence-electron chi connectivity index (χ1n) is 11.7. The third-order valence-electron chi connectivity index (χ3n) is 6.47. The number of ether oxygens (including phenoxy) is 3. The number of methoxy groups -OCH3 is 1. The molecule has 2 aromatic rings. The van der Waals surface area contributed by atoms with E-state index in [0.717, 1.165) is 17.5 Å². The number of rotatable bonds is 9. The van der Waals surface area contributed by atoms with E-state index in [2.05, 4.69) is 0 Å². The van der Waals surface area contributed by atoms with Gasteiger partial charge in [0, 0.05) is 11.1 Å². The number of hydrogen-bond acceptors (Lipinski definition) is 7. The molecular formula is C27H29NO7. The van der Waals surface area contributed by atoms with E-state index < -0.39 is 12.1 Å². The number of allylic oxidation sites excluding steroid dienone is 1. The molecule has 1 fully saturated rings. The normalized spacial score (nSPS) is 17.0. The van der Waals surface area contributed by atoms with Gasteiger partial charge in [0.1, 0.15) is 30.3 Å². The van der Waals surface area contributed by atoms with Crippen LogP contribution in [0.25, 0.3) is 0 Å².